The number of methoxy groups -OCH3 is 2. The number of aromatic nitrogens is 1. The molecule has 10 heteroatoms. The highest BCUT2D eigenvalue weighted by atomic mass is 32.2. The van der Waals surface area contributed by atoms with Crippen molar-refractivity contribution in [1.82, 2.24) is 9.29 Å². The van der Waals surface area contributed by atoms with E-state index in [1.165, 1.54) is 15.6 Å². The number of ether oxygens (including phenoxy) is 2. The van der Waals surface area contributed by atoms with Gasteiger partial charge in [0.25, 0.3) is 0 Å². The number of piperidine rings is 1. The van der Waals surface area contributed by atoms with Gasteiger partial charge in [-0.1, -0.05) is 29.0 Å². The number of nitrogens with zero attached hydrogens (tertiary/aromatic N) is 2. The molecule has 2 aromatic carbocycles. The van der Waals surface area contributed by atoms with E-state index in [1.54, 1.807) is 44.6 Å². The number of amides is 1. The molecule has 32 heavy (non-hydrogen) atoms. The zero-order valence-corrected chi connectivity index (χ0v) is 19.8. The Hall–Kier alpha value is -2.69. The van der Waals surface area contributed by atoms with Gasteiger partial charge in [0.2, 0.25) is 15.9 Å². The first-order valence-electron chi connectivity index (χ1n) is 10.2. The summed E-state index contributed by atoms with van der Waals surface area (Å²) in [6, 6.07) is 10.4. The summed E-state index contributed by atoms with van der Waals surface area (Å²) < 4.78 is 38.7. The number of carbonyl (C=O) groups is 1. The van der Waals surface area contributed by atoms with Crippen LogP contribution in [0.1, 0.15) is 18.4 Å². The lowest BCUT2D eigenvalue weighted by molar-refractivity contribution is -0.120. The van der Waals surface area contributed by atoms with Crippen molar-refractivity contribution in [1.29, 1.82) is 0 Å². The van der Waals surface area contributed by atoms with Crippen LogP contribution in [0.4, 0.5) is 5.13 Å². The number of aryl methyl sites for hydroxylation is 1. The van der Waals surface area contributed by atoms with E-state index in [0.717, 1.165) is 10.3 Å². The van der Waals surface area contributed by atoms with Gasteiger partial charge in [-0.15, -0.1) is 0 Å². The third-order valence-electron chi connectivity index (χ3n) is 5.61. The molecule has 0 aliphatic carbocycles. The number of carbonyl (C=O) groups excluding carboxylic acids is 1. The molecular formula is C22H25N3O5S2. The van der Waals surface area contributed by atoms with E-state index >= 15 is 0 Å². The minimum Gasteiger partial charge on any atom is -0.493 e. The van der Waals surface area contributed by atoms with E-state index < -0.39 is 10.0 Å². The van der Waals surface area contributed by atoms with Gasteiger partial charge in [-0.3, -0.25) is 4.79 Å². The second kappa shape index (κ2) is 9.05. The largest absolute Gasteiger partial charge is 0.493 e. The van der Waals surface area contributed by atoms with E-state index in [1.807, 2.05) is 13.0 Å². The predicted octanol–water partition coefficient (Wildman–Crippen LogP) is 3.66. The maximum absolute atomic E-state index is 12.9. The fraction of sp³-hybridized carbons (Fsp3) is 0.364. The lowest BCUT2D eigenvalue weighted by Gasteiger charge is -2.30. The number of anilines is 1. The smallest absolute Gasteiger partial charge is 0.243 e. The van der Waals surface area contributed by atoms with Crippen LogP contribution in [0.2, 0.25) is 0 Å². The number of sulfonamides is 1. The van der Waals surface area contributed by atoms with Crippen LogP contribution < -0.4 is 14.8 Å². The van der Waals surface area contributed by atoms with Crippen LogP contribution in [-0.2, 0) is 14.8 Å². The zero-order valence-electron chi connectivity index (χ0n) is 18.1. The summed E-state index contributed by atoms with van der Waals surface area (Å²) in [5, 5.41) is 3.38. The Kier molecular flexibility index (Phi) is 6.36. The molecule has 1 saturated heterocycles. The first kappa shape index (κ1) is 22.5. The monoisotopic (exact) mass is 475 g/mol. The Balaban J connectivity index is 1.41. The van der Waals surface area contributed by atoms with Crippen LogP contribution in [0.3, 0.4) is 0 Å². The van der Waals surface area contributed by atoms with Crippen molar-refractivity contribution in [3.05, 3.63) is 42.0 Å². The molecule has 1 aliphatic heterocycles. The van der Waals surface area contributed by atoms with E-state index in [-0.39, 0.29) is 16.7 Å². The second-order valence-electron chi connectivity index (χ2n) is 7.67. The topological polar surface area (TPSA) is 97.8 Å². The van der Waals surface area contributed by atoms with Crippen LogP contribution in [0, 0.1) is 12.8 Å². The number of fused-ring (bicyclic) bond motifs is 1. The molecule has 4 rings (SSSR count). The molecule has 1 aliphatic rings. The lowest BCUT2D eigenvalue weighted by atomic mass is 9.97. The summed E-state index contributed by atoms with van der Waals surface area (Å²) in [5.41, 5.74) is 1.72. The fourth-order valence-corrected chi connectivity index (χ4v) is 6.08. The van der Waals surface area contributed by atoms with E-state index in [2.05, 4.69) is 10.3 Å². The maximum atomic E-state index is 12.9. The molecule has 3 aromatic rings. The van der Waals surface area contributed by atoms with Gasteiger partial charge in [0.05, 0.1) is 29.3 Å². The summed E-state index contributed by atoms with van der Waals surface area (Å²) in [4.78, 5) is 17.6. The van der Waals surface area contributed by atoms with Crippen molar-refractivity contribution in [3.8, 4) is 11.5 Å². The highest BCUT2D eigenvalue weighted by Crippen LogP contribution is 2.36. The Morgan fingerprint density at radius 1 is 1.09 bits per heavy atom. The van der Waals surface area contributed by atoms with Crippen LogP contribution in [0.15, 0.2) is 41.3 Å². The third-order valence-corrected chi connectivity index (χ3v) is 8.45. The number of thiazole rings is 1. The van der Waals surface area contributed by atoms with Crippen LogP contribution in [-0.4, -0.2) is 50.9 Å². The molecule has 0 unspecified atom stereocenters. The van der Waals surface area contributed by atoms with Gasteiger partial charge >= 0.3 is 0 Å². The van der Waals surface area contributed by atoms with E-state index in [9.17, 15) is 13.2 Å². The summed E-state index contributed by atoms with van der Waals surface area (Å²) in [6.45, 7) is 2.53. The molecule has 1 fully saturated rings. The lowest BCUT2D eigenvalue weighted by Crippen LogP contribution is -2.41. The minimum absolute atomic E-state index is 0.143. The quantitative estimate of drug-likeness (QED) is 0.584. The van der Waals surface area contributed by atoms with Gasteiger partial charge in [0.1, 0.15) is 0 Å². The summed E-state index contributed by atoms with van der Waals surface area (Å²) in [5.74, 6) is 0.764. The van der Waals surface area contributed by atoms with Crippen LogP contribution >= 0.6 is 11.3 Å². The van der Waals surface area contributed by atoms with Gasteiger partial charge in [-0.25, -0.2) is 13.4 Å². The Bertz CT molecular complexity index is 1190. The fourth-order valence-electron chi connectivity index (χ4n) is 3.73. The molecule has 170 valence electrons. The van der Waals surface area contributed by atoms with Crippen molar-refractivity contribution in [2.75, 3.05) is 32.6 Å². The van der Waals surface area contributed by atoms with Crippen LogP contribution in [0.5, 0.6) is 11.5 Å². The molecule has 1 N–H and O–H groups in total. The highest BCUT2D eigenvalue weighted by molar-refractivity contribution is 7.89. The highest BCUT2D eigenvalue weighted by Gasteiger charge is 2.32. The molecule has 8 nitrogen and oxygen atoms in total. The standard InChI is InChI=1S/C22H25N3O5S2/c1-14-4-6-16(7-5-14)32(27,28)25-10-8-15(9-11-25)21(26)24-22-23-17-12-18(29-2)19(30-3)13-20(17)31-22/h4-7,12-13,15H,8-11H2,1-3H3,(H,23,24,26). The van der Waals surface area contributed by atoms with Crippen molar-refractivity contribution in [2.45, 2.75) is 24.7 Å². The van der Waals surface area contributed by atoms with Gasteiger partial charge < -0.3 is 14.8 Å². The molecule has 2 heterocycles. The van der Waals surface area contributed by atoms with Gasteiger partial charge in [-0.2, -0.15) is 4.31 Å². The SMILES string of the molecule is COc1cc2nc(NC(=O)C3CCN(S(=O)(=O)c4ccc(C)cc4)CC3)sc2cc1OC. The molecule has 0 radical (unpaired) electrons. The molecule has 0 atom stereocenters. The van der Waals surface area contributed by atoms with Crippen molar-refractivity contribution in [3.63, 3.8) is 0 Å². The number of hydrogen-bond donors (Lipinski definition) is 1. The predicted molar refractivity (Wildman–Crippen MR) is 124 cm³/mol. The summed E-state index contributed by atoms with van der Waals surface area (Å²) in [6.07, 6.45) is 0.924. The molecule has 0 bridgehead atoms. The average molecular weight is 476 g/mol. The van der Waals surface area contributed by atoms with E-state index in [4.69, 9.17) is 9.47 Å². The Labute approximate surface area is 191 Å². The Morgan fingerprint density at radius 3 is 2.34 bits per heavy atom. The second-order valence-corrected chi connectivity index (χ2v) is 10.6. The first-order valence-corrected chi connectivity index (χ1v) is 12.5. The van der Waals surface area contributed by atoms with Crippen molar-refractivity contribution in [2.24, 2.45) is 5.92 Å². The molecular weight excluding hydrogens is 450 g/mol. The van der Waals surface area contributed by atoms with Gasteiger partial charge in [0, 0.05) is 31.1 Å². The Morgan fingerprint density at radius 2 is 1.72 bits per heavy atom. The van der Waals surface area contributed by atoms with E-state index in [0.29, 0.717) is 48.1 Å². The van der Waals surface area contributed by atoms with Crippen molar-refractivity contribution < 1.29 is 22.7 Å². The number of hydrogen-bond acceptors (Lipinski definition) is 7. The average Bonchev–Trinajstić information content (AvgIpc) is 3.19. The molecule has 0 spiro atoms. The molecule has 1 aromatic heterocycles. The number of rotatable bonds is 6. The minimum atomic E-state index is -3.55. The van der Waals surface area contributed by atoms with Gasteiger partial charge in [-0.05, 0) is 31.9 Å². The van der Waals surface area contributed by atoms with Crippen LogP contribution in [0.25, 0.3) is 10.2 Å². The van der Waals surface area contributed by atoms with Gasteiger partial charge in [0.15, 0.2) is 16.6 Å². The maximum Gasteiger partial charge on any atom is 0.243 e. The van der Waals surface area contributed by atoms with Crippen molar-refractivity contribution >= 4 is 42.6 Å². The third kappa shape index (κ3) is 4.43. The summed E-state index contributed by atoms with van der Waals surface area (Å²) >= 11 is 1.36. The normalized spacial score (nSPS) is 15.6. The number of benzene rings is 2. The summed E-state index contributed by atoms with van der Waals surface area (Å²) in [7, 11) is -0.422. The molecule has 0 saturated carbocycles. The first-order chi connectivity index (χ1) is 15.3. The molecule has 1 amide bonds. The zero-order chi connectivity index (χ0) is 22.9. The number of nitrogens with one attached hydrogen (secondary N) is 1.